The van der Waals surface area contributed by atoms with Crippen molar-refractivity contribution >= 4 is 11.3 Å². The molecule has 15 heavy (non-hydrogen) atoms. The van der Waals surface area contributed by atoms with Crippen molar-refractivity contribution in [2.45, 2.75) is 27.3 Å². The third-order valence-electron chi connectivity index (χ3n) is 2.02. The van der Waals surface area contributed by atoms with Gasteiger partial charge < -0.3 is 4.57 Å². The Kier molecular flexibility index (Phi) is 2.81. The average molecular weight is 222 g/mol. The van der Waals surface area contributed by atoms with E-state index in [1.54, 1.807) is 17.7 Å². The summed E-state index contributed by atoms with van der Waals surface area (Å²) in [5.41, 5.74) is 0. The predicted molar refractivity (Wildman–Crippen MR) is 60.7 cm³/mol. The van der Waals surface area contributed by atoms with Crippen molar-refractivity contribution in [3.8, 4) is 10.7 Å². The lowest BCUT2D eigenvalue weighted by molar-refractivity contribution is 0.525. The van der Waals surface area contributed by atoms with Crippen molar-refractivity contribution in [1.82, 2.24) is 19.7 Å². The standard InChI is InChI=1S/C10H14N4S/c1-7(2)5-14-6-12-13-10(14)9-4-11-8(3)15-9/h4,6-7H,5H2,1-3H3. The number of rotatable bonds is 3. The summed E-state index contributed by atoms with van der Waals surface area (Å²) >= 11 is 1.65. The first-order valence-corrected chi connectivity index (χ1v) is 5.79. The molecule has 0 aliphatic rings. The Morgan fingerprint density at radius 1 is 1.47 bits per heavy atom. The van der Waals surface area contributed by atoms with Gasteiger partial charge in [0.2, 0.25) is 0 Å². The number of nitrogens with zero attached hydrogens (tertiary/aromatic N) is 4. The van der Waals surface area contributed by atoms with Crippen LogP contribution in [0.15, 0.2) is 12.5 Å². The van der Waals surface area contributed by atoms with Gasteiger partial charge in [0.05, 0.1) is 9.88 Å². The average Bonchev–Trinajstić information content (AvgIpc) is 2.72. The largest absolute Gasteiger partial charge is 0.313 e. The molecule has 5 heteroatoms. The van der Waals surface area contributed by atoms with Gasteiger partial charge in [0, 0.05) is 12.7 Å². The highest BCUT2D eigenvalue weighted by molar-refractivity contribution is 7.14. The molecular weight excluding hydrogens is 208 g/mol. The lowest BCUT2D eigenvalue weighted by Crippen LogP contribution is -2.04. The zero-order valence-corrected chi connectivity index (χ0v) is 9.95. The Morgan fingerprint density at radius 3 is 2.87 bits per heavy atom. The molecule has 0 atom stereocenters. The number of thiazole rings is 1. The molecule has 0 bridgehead atoms. The van der Waals surface area contributed by atoms with Crippen LogP contribution in [-0.4, -0.2) is 19.7 Å². The van der Waals surface area contributed by atoms with Gasteiger partial charge in [-0.1, -0.05) is 13.8 Å². The van der Waals surface area contributed by atoms with Crippen LogP contribution in [0.1, 0.15) is 18.9 Å². The highest BCUT2D eigenvalue weighted by atomic mass is 32.1. The van der Waals surface area contributed by atoms with Crippen LogP contribution in [0.25, 0.3) is 10.7 Å². The maximum Gasteiger partial charge on any atom is 0.175 e. The summed E-state index contributed by atoms with van der Waals surface area (Å²) in [6, 6.07) is 0. The van der Waals surface area contributed by atoms with Crippen LogP contribution < -0.4 is 0 Å². The van der Waals surface area contributed by atoms with E-state index in [0.29, 0.717) is 5.92 Å². The molecule has 0 aromatic carbocycles. The van der Waals surface area contributed by atoms with Crippen LogP contribution in [0.4, 0.5) is 0 Å². The fourth-order valence-corrected chi connectivity index (χ4v) is 2.22. The number of aryl methyl sites for hydroxylation is 1. The highest BCUT2D eigenvalue weighted by Crippen LogP contribution is 2.23. The van der Waals surface area contributed by atoms with Gasteiger partial charge in [-0.15, -0.1) is 21.5 Å². The lowest BCUT2D eigenvalue weighted by atomic mass is 10.2. The number of aromatic nitrogens is 4. The summed E-state index contributed by atoms with van der Waals surface area (Å²) in [6.07, 6.45) is 3.64. The van der Waals surface area contributed by atoms with Gasteiger partial charge in [-0.05, 0) is 12.8 Å². The molecule has 2 aromatic heterocycles. The lowest BCUT2D eigenvalue weighted by Gasteiger charge is -2.07. The van der Waals surface area contributed by atoms with E-state index in [4.69, 9.17) is 0 Å². The Hall–Kier alpha value is -1.23. The highest BCUT2D eigenvalue weighted by Gasteiger charge is 2.10. The molecule has 2 rings (SSSR count). The van der Waals surface area contributed by atoms with E-state index in [0.717, 1.165) is 22.3 Å². The fraction of sp³-hybridized carbons (Fsp3) is 0.500. The maximum absolute atomic E-state index is 4.23. The summed E-state index contributed by atoms with van der Waals surface area (Å²) in [7, 11) is 0. The van der Waals surface area contributed by atoms with Crippen molar-refractivity contribution in [3.05, 3.63) is 17.5 Å². The van der Waals surface area contributed by atoms with E-state index in [2.05, 4.69) is 33.6 Å². The second-order valence-electron chi connectivity index (χ2n) is 3.94. The third-order valence-corrected chi connectivity index (χ3v) is 2.93. The first-order chi connectivity index (χ1) is 7.16. The van der Waals surface area contributed by atoms with Crippen molar-refractivity contribution in [2.75, 3.05) is 0 Å². The van der Waals surface area contributed by atoms with Gasteiger partial charge in [0.15, 0.2) is 5.82 Å². The predicted octanol–water partition coefficient (Wildman–Crippen LogP) is 2.37. The van der Waals surface area contributed by atoms with Gasteiger partial charge in [-0.3, -0.25) is 0 Å². The molecule has 0 fully saturated rings. The smallest absolute Gasteiger partial charge is 0.175 e. The first kappa shape index (κ1) is 10.3. The van der Waals surface area contributed by atoms with Crippen LogP contribution in [0.2, 0.25) is 0 Å². The number of hydrogen-bond acceptors (Lipinski definition) is 4. The molecule has 0 aliphatic heterocycles. The summed E-state index contributed by atoms with van der Waals surface area (Å²) in [5, 5.41) is 9.15. The Morgan fingerprint density at radius 2 is 2.27 bits per heavy atom. The van der Waals surface area contributed by atoms with Crippen LogP contribution in [0.5, 0.6) is 0 Å². The molecule has 0 radical (unpaired) electrons. The van der Waals surface area contributed by atoms with Crippen molar-refractivity contribution in [2.24, 2.45) is 5.92 Å². The Bertz CT molecular complexity index is 444. The molecular formula is C10H14N4S. The topological polar surface area (TPSA) is 43.6 Å². The Balaban J connectivity index is 2.32. The van der Waals surface area contributed by atoms with E-state index in [1.165, 1.54) is 0 Å². The minimum Gasteiger partial charge on any atom is -0.313 e. The molecule has 0 saturated heterocycles. The molecule has 0 N–H and O–H groups in total. The van der Waals surface area contributed by atoms with Crippen molar-refractivity contribution in [3.63, 3.8) is 0 Å². The van der Waals surface area contributed by atoms with E-state index in [9.17, 15) is 0 Å². The van der Waals surface area contributed by atoms with Gasteiger partial charge in [0.1, 0.15) is 6.33 Å². The summed E-state index contributed by atoms with van der Waals surface area (Å²) in [4.78, 5) is 5.32. The quantitative estimate of drug-likeness (QED) is 0.800. The van der Waals surface area contributed by atoms with Gasteiger partial charge >= 0.3 is 0 Å². The molecule has 0 spiro atoms. The monoisotopic (exact) mass is 222 g/mol. The molecule has 2 heterocycles. The molecule has 4 nitrogen and oxygen atoms in total. The van der Waals surface area contributed by atoms with Crippen LogP contribution >= 0.6 is 11.3 Å². The number of hydrogen-bond donors (Lipinski definition) is 0. The third kappa shape index (κ3) is 2.23. The first-order valence-electron chi connectivity index (χ1n) is 4.97. The van der Waals surface area contributed by atoms with Crippen molar-refractivity contribution < 1.29 is 0 Å². The van der Waals surface area contributed by atoms with Crippen LogP contribution in [0.3, 0.4) is 0 Å². The molecule has 2 aromatic rings. The van der Waals surface area contributed by atoms with Gasteiger partial charge in [-0.25, -0.2) is 4.98 Å². The minimum absolute atomic E-state index is 0.591. The second-order valence-corrected chi connectivity index (χ2v) is 5.18. The Labute approximate surface area is 93.0 Å². The molecule has 0 saturated carbocycles. The minimum atomic E-state index is 0.591. The molecule has 80 valence electrons. The summed E-state index contributed by atoms with van der Waals surface area (Å²) in [5.74, 6) is 1.52. The van der Waals surface area contributed by atoms with Gasteiger partial charge in [-0.2, -0.15) is 0 Å². The van der Waals surface area contributed by atoms with E-state index < -0.39 is 0 Å². The summed E-state index contributed by atoms with van der Waals surface area (Å²) in [6.45, 7) is 7.31. The molecule has 0 aliphatic carbocycles. The molecule has 0 amide bonds. The summed E-state index contributed by atoms with van der Waals surface area (Å²) < 4.78 is 2.08. The normalized spacial score (nSPS) is 11.2. The van der Waals surface area contributed by atoms with Gasteiger partial charge in [0.25, 0.3) is 0 Å². The SMILES string of the molecule is Cc1ncc(-c2nncn2CC(C)C)s1. The zero-order chi connectivity index (χ0) is 10.8. The fourth-order valence-electron chi connectivity index (χ4n) is 1.44. The zero-order valence-electron chi connectivity index (χ0n) is 9.14. The van der Waals surface area contributed by atoms with E-state index >= 15 is 0 Å². The van der Waals surface area contributed by atoms with Crippen molar-refractivity contribution in [1.29, 1.82) is 0 Å². The van der Waals surface area contributed by atoms with E-state index in [-0.39, 0.29) is 0 Å². The maximum atomic E-state index is 4.23. The molecule has 0 unspecified atom stereocenters. The van der Waals surface area contributed by atoms with E-state index in [1.807, 2.05) is 13.1 Å². The second kappa shape index (κ2) is 4.10. The van der Waals surface area contributed by atoms with Crippen LogP contribution in [-0.2, 0) is 6.54 Å². The van der Waals surface area contributed by atoms with Crippen LogP contribution in [0, 0.1) is 12.8 Å².